The second-order valence-corrected chi connectivity index (χ2v) is 8.65. The monoisotopic (exact) mass is 482 g/mol. The molecular weight excluding hydrogens is 456 g/mol. The highest BCUT2D eigenvalue weighted by Crippen LogP contribution is 2.24. The van der Waals surface area contributed by atoms with E-state index < -0.39 is 10.8 Å². The fourth-order valence-electron chi connectivity index (χ4n) is 3.33. The first-order valence-electron chi connectivity index (χ1n) is 10.8. The molecule has 0 saturated heterocycles. The molecule has 178 valence electrons. The summed E-state index contributed by atoms with van der Waals surface area (Å²) in [6.07, 6.45) is 0. The molecule has 3 aromatic rings. The lowest BCUT2D eigenvalue weighted by Gasteiger charge is -2.13. The summed E-state index contributed by atoms with van der Waals surface area (Å²) in [6, 6.07) is 13.2. The number of nitrogens with one attached hydrogen (secondary N) is 2. The molecular formula is C23H26N6O4S. The molecule has 2 amide bonds. The Balaban J connectivity index is 1.60. The first kappa shape index (κ1) is 24.9. The predicted octanol–water partition coefficient (Wildman–Crippen LogP) is 3.99. The molecule has 0 bridgehead atoms. The second kappa shape index (κ2) is 11.4. The highest BCUT2D eigenvalue weighted by molar-refractivity contribution is 7.99. The van der Waals surface area contributed by atoms with Crippen LogP contribution >= 0.6 is 11.8 Å². The molecule has 3 rings (SSSR count). The van der Waals surface area contributed by atoms with Crippen molar-refractivity contribution in [3.05, 3.63) is 75.6 Å². The van der Waals surface area contributed by atoms with Gasteiger partial charge in [0.2, 0.25) is 5.91 Å². The largest absolute Gasteiger partial charge is 0.345 e. The average molecular weight is 483 g/mol. The molecule has 0 saturated carbocycles. The van der Waals surface area contributed by atoms with Gasteiger partial charge in [0, 0.05) is 29.9 Å². The van der Waals surface area contributed by atoms with E-state index in [1.165, 1.54) is 36.0 Å². The van der Waals surface area contributed by atoms with Gasteiger partial charge in [0.05, 0.1) is 17.2 Å². The number of anilines is 1. The molecule has 10 nitrogen and oxygen atoms in total. The lowest BCUT2D eigenvalue weighted by molar-refractivity contribution is -0.384. The Morgan fingerprint density at radius 3 is 2.62 bits per heavy atom. The van der Waals surface area contributed by atoms with Crippen LogP contribution in [0.1, 0.15) is 48.4 Å². The van der Waals surface area contributed by atoms with E-state index in [0.717, 1.165) is 11.3 Å². The van der Waals surface area contributed by atoms with Crippen LogP contribution in [0.4, 0.5) is 11.4 Å². The number of hydrogen-bond donors (Lipinski definition) is 2. The molecule has 0 fully saturated rings. The minimum Gasteiger partial charge on any atom is -0.345 e. The number of nitrogens with zero attached hydrogens (tertiary/aromatic N) is 4. The number of carbonyl (C=O) groups is 2. The summed E-state index contributed by atoms with van der Waals surface area (Å²) in [5.74, 6) is 0.363. The summed E-state index contributed by atoms with van der Waals surface area (Å²) in [5, 5.41) is 25.4. The molecule has 1 heterocycles. The van der Waals surface area contributed by atoms with Crippen LogP contribution in [0.5, 0.6) is 0 Å². The highest BCUT2D eigenvalue weighted by Gasteiger charge is 2.16. The summed E-state index contributed by atoms with van der Waals surface area (Å²) in [5.41, 5.74) is 1.89. The Morgan fingerprint density at radius 1 is 1.15 bits per heavy atom. The number of hydrogen-bond acceptors (Lipinski definition) is 7. The van der Waals surface area contributed by atoms with E-state index in [2.05, 4.69) is 34.7 Å². The highest BCUT2D eigenvalue weighted by atomic mass is 32.2. The summed E-state index contributed by atoms with van der Waals surface area (Å²) in [4.78, 5) is 35.3. The first-order valence-corrected chi connectivity index (χ1v) is 11.7. The molecule has 0 radical (unpaired) electrons. The number of carbonyl (C=O) groups excluding carboxylic acids is 2. The lowest BCUT2D eigenvalue weighted by Crippen LogP contribution is -2.25. The van der Waals surface area contributed by atoms with Crippen molar-refractivity contribution >= 4 is 35.0 Å². The van der Waals surface area contributed by atoms with Gasteiger partial charge in [-0.15, -0.1) is 10.2 Å². The Labute approximate surface area is 201 Å². The van der Waals surface area contributed by atoms with Gasteiger partial charge < -0.3 is 15.2 Å². The van der Waals surface area contributed by atoms with E-state index in [4.69, 9.17) is 0 Å². The van der Waals surface area contributed by atoms with E-state index >= 15 is 0 Å². The number of aromatic nitrogens is 3. The number of benzene rings is 2. The predicted molar refractivity (Wildman–Crippen MR) is 130 cm³/mol. The van der Waals surface area contributed by atoms with E-state index in [9.17, 15) is 19.7 Å². The molecule has 0 aliphatic carbocycles. The normalized spacial score (nSPS) is 10.8. The molecule has 0 spiro atoms. The summed E-state index contributed by atoms with van der Waals surface area (Å²) < 4.78 is 1.81. The number of nitro benzene ring substituents is 1. The standard InChI is InChI=1S/C23H26N6O4S/c1-4-28-20(13-24-22(31)16-8-7-9-17(12-16)29(32)33)26-27-23(28)34-14-21(30)25-19-11-6-5-10-18(19)15(2)3/h5-12,15H,4,13-14H2,1-3H3,(H,24,31)(H,25,30). The van der Waals surface area contributed by atoms with Crippen molar-refractivity contribution in [1.29, 1.82) is 0 Å². The molecule has 0 aliphatic heterocycles. The van der Waals surface area contributed by atoms with Gasteiger partial charge in [-0.3, -0.25) is 19.7 Å². The van der Waals surface area contributed by atoms with Gasteiger partial charge in [-0.1, -0.05) is 49.9 Å². The molecule has 0 aliphatic rings. The zero-order chi connectivity index (χ0) is 24.7. The topological polar surface area (TPSA) is 132 Å². The van der Waals surface area contributed by atoms with Crippen molar-refractivity contribution in [3.8, 4) is 0 Å². The van der Waals surface area contributed by atoms with Gasteiger partial charge in [0.25, 0.3) is 11.6 Å². The first-order chi connectivity index (χ1) is 16.3. The third kappa shape index (κ3) is 6.19. The quantitative estimate of drug-likeness (QED) is 0.254. The van der Waals surface area contributed by atoms with Crippen molar-refractivity contribution in [1.82, 2.24) is 20.1 Å². The fourth-order valence-corrected chi connectivity index (χ4v) is 4.15. The Bertz CT molecular complexity index is 1190. The van der Waals surface area contributed by atoms with E-state index in [1.54, 1.807) is 0 Å². The van der Waals surface area contributed by atoms with E-state index in [0.29, 0.717) is 17.5 Å². The number of nitro groups is 1. The van der Waals surface area contributed by atoms with Crippen LogP contribution in [-0.4, -0.2) is 37.3 Å². The molecule has 34 heavy (non-hydrogen) atoms. The molecule has 2 aromatic carbocycles. The molecule has 2 N–H and O–H groups in total. The Hall–Kier alpha value is -3.73. The average Bonchev–Trinajstić information content (AvgIpc) is 3.23. The van der Waals surface area contributed by atoms with Gasteiger partial charge >= 0.3 is 0 Å². The van der Waals surface area contributed by atoms with Crippen molar-refractivity contribution in [2.75, 3.05) is 11.1 Å². The van der Waals surface area contributed by atoms with Gasteiger partial charge in [-0.2, -0.15) is 0 Å². The maximum Gasteiger partial charge on any atom is 0.270 e. The van der Waals surface area contributed by atoms with Crippen LogP contribution in [0.3, 0.4) is 0 Å². The van der Waals surface area contributed by atoms with Gasteiger partial charge in [-0.25, -0.2) is 0 Å². The molecule has 0 unspecified atom stereocenters. The number of thioether (sulfide) groups is 1. The zero-order valence-corrected chi connectivity index (χ0v) is 20.0. The van der Waals surface area contributed by atoms with E-state index in [1.807, 2.05) is 35.8 Å². The van der Waals surface area contributed by atoms with Crippen LogP contribution in [0.15, 0.2) is 53.7 Å². The SMILES string of the molecule is CCn1c(CNC(=O)c2cccc([N+](=O)[O-])c2)nnc1SCC(=O)Nc1ccccc1C(C)C. The second-order valence-electron chi connectivity index (χ2n) is 7.71. The third-order valence-electron chi connectivity index (χ3n) is 5.03. The van der Waals surface area contributed by atoms with Crippen molar-refractivity contribution in [3.63, 3.8) is 0 Å². The van der Waals surface area contributed by atoms with Crippen LogP contribution < -0.4 is 10.6 Å². The summed E-state index contributed by atoms with van der Waals surface area (Å²) in [7, 11) is 0. The Kier molecular flexibility index (Phi) is 8.36. The van der Waals surface area contributed by atoms with Gasteiger partial charge in [0.15, 0.2) is 11.0 Å². The summed E-state index contributed by atoms with van der Waals surface area (Å²) >= 11 is 1.26. The molecule has 11 heteroatoms. The van der Waals surface area contributed by atoms with Crippen molar-refractivity contribution < 1.29 is 14.5 Å². The van der Waals surface area contributed by atoms with Crippen molar-refractivity contribution in [2.24, 2.45) is 0 Å². The number of non-ortho nitro benzene ring substituents is 1. The summed E-state index contributed by atoms with van der Waals surface area (Å²) in [6.45, 7) is 6.70. The van der Waals surface area contributed by atoms with Crippen LogP contribution in [0.25, 0.3) is 0 Å². The molecule has 1 aromatic heterocycles. The van der Waals surface area contributed by atoms with Crippen LogP contribution in [-0.2, 0) is 17.9 Å². The maximum absolute atomic E-state index is 12.5. The van der Waals surface area contributed by atoms with Crippen molar-refractivity contribution in [2.45, 2.75) is 44.9 Å². The minimum absolute atomic E-state index is 0.0941. The Morgan fingerprint density at radius 2 is 1.91 bits per heavy atom. The van der Waals surface area contributed by atoms with Crippen LogP contribution in [0, 0.1) is 10.1 Å². The van der Waals surface area contributed by atoms with E-state index in [-0.39, 0.29) is 35.4 Å². The zero-order valence-electron chi connectivity index (χ0n) is 19.1. The molecule has 0 atom stereocenters. The lowest BCUT2D eigenvalue weighted by atomic mass is 10.0. The van der Waals surface area contributed by atoms with Crippen LogP contribution in [0.2, 0.25) is 0 Å². The minimum atomic E-state index is -0.550. The smallest absolute Gasteiger partial charge is 0.270 e. The third-order valence-corrected chi connectivity index (χ3v) is 5.99. The van der Waals surface area contributed by atoms with Gasteiger partial charge in [0.1, 0.15) is 0 Å². The number of rotatable bonds is 10. The number of para-hydroxylation sites is 1. The maximum atomic E-state index is 12.5. The fraction of sp³-hybridized carbons (Fsp3) is 0.304. The number of amides is 2. The van der Waals surface area contributed by atoms with Gasteiger partial charge in [-0.05, 0) is 30.5 Å².